The highest BCUT2D eigenvalue weighted by molar-refractivity contribution is 5.80. The summed E-state index contributed by atoms with van der Waals surface area (Å²) in [5, 5.41) is 3.27. The predicted octanol–water partition coefficient (Wildman–Crippen LogP) is 3.10. The van der Waals surface area contributed by atoms with Crippen molar-refractivity contribution in [1.82, 2.24) is 5.32 Å². The van der Waals surface area contributed by atoms with E-state index in [1.807, 2.05) is 0 Å². The van der Waals surface area contributed by atoms with Crippen molar-refractivity contribution in [3.63, 3.8) is 0 Å². The van der Waals surface area contributed by atoms with Crippen LogP contribution < -0.4 is 5.32 Å². The lowest BCUT2D eigenvalue weighted by Crippen LogP contribution is -2.38. The van der Waals surface area contributed by atoms with Crippen molar-refractivity contribution < 1.29 is 4.79 Å². The van der Waals surface area contributed by atoms with E-state index in [-0.39, 0.29) is 11.8 Å². The van der Waals surface area contributed by atoms with Crippen molar-refractivity contribution >= 4 is 5.91 Å². The van der Waals surface area contributed by atoms with E-state index in [1.54, 1.807) is 0 Å². The first kappa shape index (κ1) is 12.7. The highest BCUT2D eigenvalue weighted by Crippen LogP contribution is 2.37. The monoisotopic (exact) mass is 257 g/mol. The zero-order chi connectivity index (χ0) is 13.5. The zero-order valence-corrected chi connectivity index (χ0v) is 11.9. The number of nitrogens with one attached hydrogen (secondary N) is 1. The molecule has 1 aromatic carbocycles. The fourth-order valence-electron chi connectivity index (χ4n) is 3.62. The Labute approximate surface area is 115 Å². The molecule has 2 nitrogen and oxygen atoms in total. The minimum Gasteiger partial charge on any atom is -0.353 e. The van der Waals surface area contributed by atoms with E-state index in [4.69, 9.17) is 0 Å². The molecule has 1 aromatic rings. The average molecular weight is 257 g/mol. The fraction of sp³-hybridized carbons (Fsp3) is 0.588. The van der Waals surface area contributed by atoms with Gasteiger partial charge in [-0.05, 0) is 48.6 Å². The second-order valence-electron chi connectivity index (χ2n) is 6.99. The van der Waals surface area contributed by atoms with Crippen LogP contribution in [0.1, 0.15) is 44.2 Å². The summed E-state index contributed by atoms with van der Waals surface area (Å²) in [6, 6.07) is 8.84. The molecule has 2 aliphatic carbocycles. The van der Waals surface area contributed by atoms with Crippen LogP contribution in [0.5, 0.6) is 0 Å². The summed E-state index contributed by atoms with van der Waals surface area (Å²) in [6.07, 6.45) is 5.32. The maximum absolute atomic E-state index is 12.4. The van der Waals surface area contributed by atoms with Crippen LogP contribution >= 0.6 is 0 Å². The van der Waals surface area contributed by atoms with Crippen molar-refractivity contribution in [3.05, 3.63) is 35.4 Å². The molecule has 1 N–H and O–H groups in total. The molecule has 0 heterocycles. The van der Waals surface area contributed by atoms with Crippen LogP contribution in [0.25, 0.3) is 0 Å². The minimum atomic E-state index is 0.154. The van der Waals surface area contributed by atoms with Crippen LogP contribution in [0.4, 0.5) is 0 Å². The van der Waals surface area contributed by atoms with Crippen molar-refractivity contribution in [2.75, 3.05) is 0 Å². The molecular weight excluding hydrogens is 234 g/mol. The molecule has 102 valence electrons. The number of hydrogen-bond donors (Lipinski definition) is 1. The van der Waals surface area contributed by atoms with Gasteiger partial charge in [0, 0.05) is 12.0 Å². The van der Waals surface area contributed by atoms with Gasteiger partial charge in [-0.1, -0.05) is 38.1 Å². The van der Waals surface area contributed by atoms with Gasteiger partial charge in [-0.15, -0.1) is 0 Å². The van der Waals surface area contributed by atoms with Gasteiger partial charge in [0.2, 0.25) is 5.91 Å². The van der Waals surface area contributed by atoms with Gasteiger partial charge in [0.25, 0.3) is 0 Å². The van der Waals surface area contributed by atoms with Gasteiger partial charge in [0.15, 0.2) is 0 Å². The molecule has 1 amide bonds. The van der Waals surface area contributed by atoms with E-state index in [9.17, 15) is 4.79 Å². The molecule has 0 aliphatic heterocycles. The van der Waals surface area contributed by atoms with Gasteiger partial charge >= 0.3 is 0 Å². The van der Waals surface area contributed by atoms with Gasteiger partial charge in [-0.3, -0.25) is 4.79 Å². The number of carbonyl (C=O) groups is 1. The molecule has 1 unspecified atom stereocenters. The lowest BCUT2D eigenvalue weighted by atomic mass is 9.92. The topological polar surface area (TPSA) is 29.1 Å². The highest BCUT2D eigenvalue weighted by atomic mass is 16.1. The average Bonchev–Trinajstić information content (AvgIpc) is 2.92. The summed E-state index contributed by atoms with van der Waals surface area (Å²) in [5.74, 6) is 0.417. The van der Waals surface area contributed by atoms with Crippen LogP contribution in [-0.4, -0.2) is 11.9 Å². The summed E-state index contributed by atoms with van der Waals surface area (Å²) in [5.41, 5.74) is 3.11. The summed E-state index contributed by atoms with van der Waals surface area (Å²) >= 11 is 0. The lowest BCUT2D eigenvalue weighted by Gasteiger charge is -2.19. The lowest BCUT2D eigenvalue weighted by molar-refractivity contribution is -0.125. The van der Waals surface area contributed by atoms with E-state index in [0.29, 0.717) is 11.5 Å². The van der Waals surface area contributed by atoms with Gasteiger partial charge in [-0.25, -0.2) is 0 Å². The van der Waals surface area contributed by atoms with E-state index in [1.165, 1.54) is 17.5 Å². The second kappa shape index (κ2) is 4.66. The largest absolute Gasteiger partial charge is 0.353 e. The Hall–Kier alpha value is -1.31. The summed E-state index contributed by atoms with van der Waals surface area (Å²) < 4.78 is 0. The Morgan fingerprint density at radius 3 is 2.37 bits per heavy atom. The second-order valence-corrected chi connectivity index (χ2v) is 6.99. The summed E-state index contributed by atoms with van der Waals surface area (Å²) in [7, 11) is 0. The first-order valence-corrected chi connectivity index (χ1v) is 7.41. The molecular formula is C17H23NO. The molecule has 1 atom stereocenters. The molecule has 0 saturated heterocycles. The predicted molar refractivity (Wildman–Crippen MR) is 76.9 cm³/mol. The Kier molecular flexibility index (Phi) is 3.12. The van der Waals surface area contributed by atoms with Gasteiger partial charge < -0.3 is 5.32 Å². The normalized spacial score (nSPS) is 25.3. The van der Waals surface area contributed by atoms with Crippen LogP contribution in [0.2, 0.25) is 0 Å². The SMILES string of the molecule is CC1(C)CCC(NC(=O)C2Cc3ccccc3C2)C1. The highest BCUT2D eigenvalue weighted by Gasteiger charge is 2.34. The summed E-state index contributed by atoms with van der Waals surface area (Å²) in [6.45, 7) is 4.59. The maximum Gasteiger partial charge on any atom is 0.223 e. The quantitative estimate of drug-likeness (QED) is 0.866. The number of amides is 1. The van der Waals surface area contributed by atoms with Gasteiger partial charge in [-0.2, -0.15) is 0 Å². The van der Waals surface area contributed by atoms with Crippen LogP contribution in [0, 0.1) is 11.3 Å². The van der Waals surface area contributed by atoms with Crippen molar-refractivity contribution in [3.8, 4) is 0 Å². The van der Waals surface area contributed by atoms with Crippen LogP contribution in [0.15, 0.2) is 24.3 Å². The standard InChI is InChI=1S/C17H23NO/c1-17(2)8-7-15(11-17)18-16(19)14-9-12-5-3-4-6-13(12)10-14/h3-6,14-15H,7-11H2,1-2H3,(H,18,19). The zero-order valence-electron chi connectivity index (χ0n) is 11.9. The fourth-order valence-corrected chi connectivity index (χ4v) is 3.62. The third kappa shape index (κ3) is 2.68. The van der Waals surface area contributed by atoms with E-state index in [0.717, 1.165) is 25.7 Å². The number of fused-ring (bicyclic) bond motifs is 1. The van der Waals surface area contributed by atoms with E-state index in [2.05, 4.69) is 43.4 Å². The van der Waals surface area contributed by atoms with Crippen molar-refractivity contribution in [2.24, 2.45) is 11.3 Å². The molecule has 0 bridgehead atoms. The Morgan fingerprint density at radius 1 is 1.21 bits per heavy atom. The van der Waals surface area contributed by atoms with E-state index >= 15 is 0 Å². The van der Waals surface area contributed by atoms with E-state index < -0.39 is 0 Å². The summed E-state index contributed by atoms with van der Waals surface area (Å²) in [4.78, 5) is 12.4. The molecule has 2 aliphatic rings. The van der Waals surface area contributed by atoms with Crippen molar-refractivity contribution in [2.45, 2.75) is 52.0 Å². The maximum atomic E-state index is 12.4. The number of rotatable bonds is 2. The third-order valence-electron chi connectivity index (χ3n) is 4.74. The first-order valence-electron chi connectivity index (χ1n) is 7.41. The Balaban J connectivity index is 1.59. The third-order valence-corrected chi connectivity index (χ3v) is 4.74. The number of benzene rings is 1. The molecule has 0 radical (unpaired) electrons. The van der Waals surface area contributed by atoms with Crippen molar-refractivity contribution in [1.29, 1.82) is 0 Å². The molecule has 1 saturated carbocycles. The molecule has 3 rings (SSSR count). The smallest absolute Gasteiger partial charge is 0.223 e. The number of carbonyl (C=O) groups excluding carboxylic acids is 1. The molecule has 19 heavy (non-hydrogen) atoms. The Morgan fingerprint density at radius 2 is 1.84 bits per heavy atom. The molecule has 2 heteroatoms. The van der Waals surface area contributed by atoms with Gasteiger partial charge in [0.05, 0.1) is 0 Å². The van der Waals surface area contributed by atoms with Crippen LogP contribution in [-0.2, 0) is 17.6 Å². The number of hydrogen-bond acceptors (Lipinski definition) is 1. The van der Waals surface area contributed by atoms with Crippen LogP contribution in [0.3, 0.4) is 0 Å². The van der Waals surface area contributed by atoms with Gasteiger partial charge in [0.1, 0.15) is 0 Å². The minimum absolute atomic E-state index is 0.154. The molecule has 0 spiro atoms. The Bertz CT molecular complexity index is 467. The molecule has 1 fully saturated rings. The first-order chi connectivity index (χ1) is 9.03. The molecule has 0 aromatic heterocycles.